The number of carbonyl (C=O) groups is 1. The van der Waals surface area contributed by atoms with Crippen LogP contribution in [0.5, 0.6) is 5.75 Å². The number of aryl methyl sites for hydroxylation is 1. The maximum absolute atomic E-state index is 10.7. The minimum absolute atomic E-state index is 0.244. The second-order valence-corrected chi connectivity index (χ2v) is 4.35. The predicted octanol–water partition coefficient (Wildman–Crippen LogP) is 3.01. The molecular formula is C15H15NO3. The summed E-state index contributed by atoms with van der Waals surface area (Å²) >= 11 is 0. The molecule has 4 nitrogen and oxygen atoms in total. The Morgan fingerprint density at radius 3 is 2.42 bits per heavy atom. The van der Waals surface area contributed by atoms with Crippen molar-refractivity contribution in [2.24, 2.45) is 0 Å². The molecule has 0 saturated heterocycles. The Labute approximate surface area is 111 Å². The fourth-order valence-electron chi connectivity index (χ4n) is 1.81. The quantitative estimate of drug-likeness (QED) is 0.736. The Hall–Kier alpha value is -2.49. The molecule has 0 amide bonds. The van der Waals surface area contributed by atoms with Gasteiger partial charge in [-0.3, -0.25) is 0 Å². The number of aromatic hydroxyl groups is 1. The molecule has 3 N–H and O–H groups in total. The Morgan fingerprint density at radius 1 is 1.16 bits per heavy atom. The van der Waals surface area contributed by atoms with Crippen LogP contribution in [0, 0.1) is 6.92 Å². The largest absolute Gasteiger partial charge is 0.508 e. The number of aromatic carboxylic acids is 1. The molecule has 0 aliphatic carbocycles. The van der Waals surface area contributed by atoms with Crippen molar-refractivity contribution in [1.82, 2.24) is 0 Å². The summed E-state index contributed by atoms with van der Waals surface area (Å²) in [5, 5.41) is 21.4. The van der Waals surface area contributed by atoms with Crippen LogP contribution >= 0.6 is 0 Å². The third-order valence-electron chi connectivity index (χ3n) is 2.89. The van der Waals surface area contributed by atoms with E-state index in [1.54, 1.807) is 36.4 Å². The van der Waals surface area contributed by atoms with Gasteiger partial charge in [-0.1, -0.05) is 12.1 Å². The van der Waals surface area contributed by atoms with Crippen molar-refractivity contribution in [2.75, 3.05) is 5.32 Å². The van der Waals surface area contributed by atoms with E-state index in [1.807, 2.05) is 13.0 Å². The summed E-state index contributed by atoms with van der Waals surface area (Å²) < 4.78 is 0. The molecule has 0 aliphatic rings. The molecule has 0 atom stereocenters. The Kier molecular flexibility index (Phi) is 3.71. The number of benzene rings is 2. The number of phenolic OH excluding ortho intramolecular Hbond substituents is 1. The molecule has 98 valence electrons. The van der Waals surface area contributed by atoms with Crippen LogP contribution in [0.25, 0.3) is 0 Å². The van der Waals surface area contributed by atoms with Gasteiger partial charge in [0.05, 0.1) is 5.56 Å². The second kappa shape index (κ2) is 5.44. The van der Waals surface area contributed by atoms with Gasteiger partial charge in [-0.15, -0.1) is 0 Å². The van der Waals surface area contributed by atoms with Crippen molar-refractivity contribution in [1.29, 1.82) is 0 Å². The van der Waals surface area contributed by atoms with Gasteiger partial charge in [0.25, 0.3) is 0 Å². The second-order valence-electron chi connectivity index (χ2n) is 4.35. The number of nitrogens with one attached hydrogen (secondary N) is 1. The highest BCUT2D eigenvalue weighted by Gasteiger charge is 2.02. The molecule has 19 heavy (non-hydrogen) atoms. The number of hydrogen-bond donors (Lipinski definition) is 3. The summed E-state index contributed by atoms with van der Waals surface area (Å²) in [4.78, 5) is 10.7. The van der Waals surface area contributed by atoms with Gasteiger partial charge in [0.1, 0.15) is 5.75 Å². The van der Waals surface area contributed by atoms with E-state index >= 15 is 0 Å². The third kappa shape index (κ3) is 3.25. The molecule has 0 spiro atoms. The van der Waals surface area contributed by atoms with Gasteiger partial charge < -0.3 is 15.5 Å². The molecule has 2 aromatic rings. The Bertz CT molecular complexity index is 591. The molecule has 0 fully saturated rings. The molecule has 0 saturated carbocycles. The first-order valence-electron chi connectivity index (χ1n) is 5.92. The van der Waals surface area contributed by atoms with Gasteiger partial charge in [0.2, 0.25) is 0 Å². The van der Waals surface area contributed by atoms with Crippen LogP contribution in [0.2, 0.25) is 0 Å². The van der Waals surface area contributed by atoms with Crippen molar-refractivity contribution >= 4 is 11.7 Å². The van der Waals surface area contributed by atoms with Crippen LogP contribution in [0.3, 0.4) is 0 Å². The fraction of sp³-hybridized carbons (Fsp3) is 0.133. The first kappa shape index (κ1) is 13.0. The van der Waals surface area contributed by atoms with Gasteiger partial charge >= 0.3 is 5.97 Å². The van der Waals surface area contributed by atoms with Crippen LogP contribution in [0.1, 0.15) is 21.5 Å². The summed E-state index contributed by atoms with van der Waals surface area (Å²) in [6, 6.07) is 11.9. The minimum atomic E-state index is -0.922. The van der Waals surface area contributed by atoms with Gasteiger partial charge in [-0.2, -0.15) is 0 Å². The highest BCUT2D eigenvalue weighted by atomic mass is 16.4. The average Bonchev–Trinajstić information content (AvgIpc) is 2.38. The Morgan fingerprint density at radius 2 is 1.84 bits per heavy atom. The standard InChI is InChI=1S/C15H15NO3/c1-10-8-13(17)6-7-14(10)16-9-11-2-4-12(5-3-11)15(18)19/h2-8,16-17H,9H2,1H3,(H,18,19). The number of carboxylic acids is 1. The lowest BCUT2D eigenvalue weighted by atomic mass is 10.1. The average molecular weight is 257 g/mol. The number of carboxylic acid groups (broad SMARTS) is 1. The first-order chi connectivity index (χ1) is 9.06. The van der Waals surface area contributed by atoms with E-state index in [9.17, 15) is 9.90 Å². The molecule has 0 heterocycles. The van der Waals surface area contributed by atoms with Crippen molar-refractivity contribution in [2.45, 2.75) is 13.5 Å². The maximum Gasteiger partial charge on any atom is 0.335 e. The minimum Gasteiger partial charge on any atom is -0.508 e. The van der Waals surface area contributed by atoms with E-state index in [4.69, 9.17) is 5.11 Å². The highest BCUT2D eigenvalue weighted by molar-refractivity contribution is 5.87. The zero-order valence-corrected chi connectivity index (χ0v) is 10.6. The number of phenols is 1. The van der Waals surface area contributed by atoms with Gasteiger partial charge in [0.15, 0.2) is 0 Å². The van der Waals surface area contributed by atoms with Crippen molar-refractivity contribution < 1.29 is 15.0 Å². The molecule has 0 bridgehead atoms. The smallest absolute Gasteiger partial charge is 0.335 e. The Balaban J connectivity index is 2.04. The molecule has 0 unspecified atom stereocenters. The van der Waals surface area contributed by atoms with E-state index in [0.29, 0.717) is 6.54 Å². The summed E-state index contributed by atoms with van der Waals surface area (Å²) in [7, 11) is 0. The zero-order chi connectivity index (χ0) is 13.8. The topological polar surface area (TPSA) is 69.6 Å². The maximum atomic E-state index is 10.7. The molecule has 4 heteroatoms. The molecule has 2 rings (SSSR count). The van der Waals surface area contributed by atoms with Crippen molar-refractivity contribution in [3.63, 3.8) is 0 Å². The number of hydrogen-bond acceptors (Lipinski definition) is 3. The number of anilines is 1. The van der Waals surface area contributed by atoms with E-state index in [1.165, 1.54) is 0 Å². The summed E-state index contributed by atoms with van der Waals surface area (Å²) in [6.07, 6.45) is 0. The predicted molar refractivity (Wildman–Crippen MR) is 73.6 cm³/mol. The monoisotopic (exact) mass is 257 g/mol. The summed E-state index contributed by atoms with van der Waals surface area (Å²) in [5.41, 5.74) is 3.18. The lowest BCUT2D eigenvalue weighted by Gasteiger charge is -2.10. The number of rotatable bonds is 4. The molecule has 0 aromatic heterocycles. The van der Waals surface area contributed by atoms with E-state index < -0.39 is 5.97 Å². The lowest BCUT2D eigenvalue weighted by molar-refractivity contribution is 0.0697. The molecule has 0 aliphatic heterocycles. The van der Waals surface area contributed by atoms with Crippen LogP contribution in [-0.4, -0.2) is 16.2 Å². The SMILES string of the molecule is Cc1cc(O)ccc1NCc1ccc(C(=O)O)cc1. The van der Waals surface area contributed by atoms with Crippen LogP contribution in [-0.2, 0) is 6.54 Å². The van der Waals surface area contributed by atoms with E-state index in [-0.39, 0.29) is 11.3 Å². The van der Waals surface area contributed by atoms with E-state index in [0.717, 1.165) is 16.8 Å². The lowest BCUT2D eigenvalue weighted by Crippen LogP contribution is -2.02. The molecule has 2 aromatic carbocycles. The summed E-state index contributed by atoms with van der Waals surface area (Å²) in [5.74, 6) is -0.678. The van der Waals surface area contributed by atoms with Crippen LogP contribution in [0.4, 0.5) is 5.69 Å². The molecular weight excluding hydrogens is 242 g/mol. The van der Waals surface area contributed by atoms with E-state index in [2.05, 4.69) is 5.32 Å². The highest BCUT2D eigenvalue weighted by Crippen LogP contribution is 2.20. The fourth-order valence-corrected chi connectivity index (χ4v) is 1.81. The summed E-state index contributed by atoms with van der Waals surface area (Å²) in [6.45, 7) is 2.51. The van der Waals surface area contributed by atoms with Crippen molar-refractivity contribution in [3.05, 3.63) is 59.2 Å². The third-order valence-corrected chi connectivity index (χ3v) is 2.89. The molecule has 0 radical (unpaired) electrons. The van der Waals surface area contributed by atoms with Crippen LogP contribution in [0.15, 0.2) is 42.5 Å². The van der Waals surface area contributed by atoms with Crippen LogP contribution < -0.4 is 5.32 Å². The van der Waals surface area contributed by atoms with Gasteiger partial charge in [0, 0.05) is 12.2 Å². The zero-order valence-electron chi connectivity index (χ0n) is 10.6. The normalized spacial score (nSPS) is 10.2. The van der Waals surface area contributed by atoms with Gasteiger partial charge in [-0.05, 0) is 48.4 Å². The van der Waals surface area contributed by atoms with Gasteiger partial charge in [-0.25, -0.2) is 4.79 Å². The van der Waals surface area contributed by atoms with Crippen molar-refractivity contribution in [3.8, 4) is 5.75 Å². The first-order valence-corrected chi connectivity index (χ1v) is 5.92.